The number of aryl methyl sites for hydroxylation is 1. The van der Waals surface area contributed by atoms with Gasteiger partial charge in [-0.05, 0) is 49.4 Å². The van der Waals surface area contributed by atoms with Crippen molar-refractivity contribution in [1.82, 2.24) is 24.8 Å². The molecule has 1 saturated heterocycles. The van der Waals surface area contributed by atoms with Gasteiger partial charge in [-0.1, -0.05) is 0 Å². The van der Waals surface area contributed by atoms with Gasteiger partial charge in [0, 0.05) is 57.1 Å². The van der Waals surface area contributed by atoms with Crippen molar-refractivity contribution in [2.75, 3.05) is 32.6 Å². The lowest BCUT2D eigenvalue weighted by atomic mass is 9.92. The van der Waals surface area contributed by atoms with Gasteiger partial charge in [0.2, 0.25) is 11.8 Å². The van der Waals surface area contributed by atoms with Crippen molar-refractivity contribution >= 4 is 11.9 Å². The predicted octanol–water partition coefficient (Wildman–Crippen LogP) is 3.68. The summed E-state index contributed by atoms with van der Waals surface area (Å²) in [4.78, 5) is 35.2. The van der Waals surface area contributed by atoms with Gasteiger partial charge in [0.05, 0.1) is 24.4 Å². The molecule has 8 heteroatoms. The van der Waals surface area contributed by atoms with E-state index in [1.807, 2.05) is 49.3 Å². The summed E-state index contributed by atoms with van der Waals surface area (Å²) in [6, 6.07) is 5.31. The van der Waals surface area contributed by atoms with Crippen LogP contribution in [0, 0.1) is 6.92 Å². The molecule has 4 rings (SSSR count). The Balaban J connectivity index is 1.79. The van der Waals surface area contributed by atoms with E-state index in [4.69, 9.17) is 9.72 Å². The lowest BCUT2D eigenvalue weighted by Crippen LogP contribution is -2.39. The molecule has 0 saturated carbocycles. The lowest BCUT2D eigenvalue weighted by Gasteiger charge is -2.36. The molecule has 4 heterocycles. The van der Waals surface area contributed by atoms with Crippen molar-refractivity contribution in [2.24, 2.45) is 0 Å². The average molecular weight is 433 g/mol. The molecule has 0 radical (unpaired) electrons. The number of rotatable bonds is 5. The molecule has 0 spiro atoms. The van der Waals surface area contributed by atoms with Gasteiger partial charge in [-0.15, -0.1) is 0 Å². The van der Waals surface area contributed by atoms with Gasteiger partial charge >= 0.3 is 0 Å². The fourth-order valence-electron chi connectivity index (χ4n) is 4.09. The summed E-state index contributed by atoms with van der Waals surface area (Å²) < 4.78 is 5.13. The number of aromatic nitrogens is 4. The molecule has 8 nitrogen and oxygen atoms in total. The van der Waals surface area contributed by atoms with Crippen LogP contribution in [0.5, 0.6) is 5.88 Å². The molecule has 1 aliphatic rings. The molecule has 3 aromatic heterocycles. The van der Waals surface area contributed by atoms with Crippen LogP contribution < -0.4 is 9.64 Å². The highest BCUT2D eigenvalue weighted by molar-refractivity contribution is 5.94. The highest BCUT2D eigenvalue weighted by Crippen LogP contribution is 2.37. The third kappa shape index (κ3) is 4.26. The monoisotopic (exact) mass is 432 g/mol. The van der Waals surface area contributed by atoms with Gasteiger partial charge in [-0.2, -0.15) is 0 Å². The molecule has 1 fully saturated rings. The maximum absolute atomic E-state index is 13.5. The number of pyridine rings is 2. The van der Waals surface area contributed by atoms with Crippen LogP contribution in [-0.2, 0) is 0 Å². The molecule has 1 atom stereocenters. The first-order valence-electron chi connectivity index (χ1n) is 10.8. The molecule has 1 amide bonds. The van der Waals surface area contributed by atoms with Gasteiger partial charge in [0.15, 0.2) is 0 Å². The van der Waals surface area contributed by atoms with E-state index in [9.17, 15) is 4.79 Å². The van der Waals surface area contributed by atoms with E-state index >= 15 is 0 Å². The van der Waals surface area contributed by atoms with E-state index in [1.54, 1.807) is 31.6 Å². The number of methoxy groups -OCH3 is 1. The predicted molar refractivity (Wildman–Crippen MR) is 123 cm³/mol. The summed E-state index contributed by atoms with van der Waals surface area (Å²) in [7, 11) is 5.40. The van der Waals surface area contributed by atoms with Gasteiger partial charge in [-0.25, -0.2) is 15.0 Å². The Labute approximate surface area is 188 Å². The standard InChI is InChI=1S/C24H28N6O2/c1-16-13-25-11-10-18(16)19-15-27-24(29(2)3)28-22(19)20-7-5-6-12-30(20)23(31)17-8-9-21(32-4)26-14-17/h8-11,13-15,20H,5-7,12H2,1-4H3/t20-/m0/s1. The summed E-state index contributed by atoms with van der Waals surface area (Å²) in [6.45, 7) is 2.70. The van der Waals surface area contributed by atoms with Crippen molar-refractivity contribution in [1.29, 1.82) is 0 Å². The molecule has 3 aromatic rings. The normalized spacial score (nSPS) is 16.0. The number of piperidine rings is 1. The average Bonchev–Trinajstić information content (AvgIpc) is 2.83. The maximum atomic E-state index is 13.5. The van der Waals surface area contributed by atoms with Crippen molar-refractivity contribution < 1.29 is 9.53 Å². The first kappa shape index (κ1) is 21.7. The Hall–Kier alpha value is -3.55. The van der Waals surface area contributed by atoms with Crippen molar-refractivity contribution in [2.45, 2.75) is 32.2 Å². The molecule has 0 N–H and O–H groups in total. The van der Waals surface area contributed by atoms with Crippen LogP contribution in [0.25, 0.3) is 11.1 Å². The molecule has 32 heavy (non-hydrogen) atoms. The van der Waals surface area contributed by atoms with Gasteiger partial charge in [-0.3, -0.25) is 9.78 Å². The Bertz CT molecular complexity index is 1100. The number of carbonyl (C=O) groups is 1. The molecular weight excluding hydrogens is 404 g/mol. The van der Waals surface area contributed by atoms with Crippen LogP contribution in [0.4, 0.5) is 5.95 Å². The van der Waals surface area contributed by atoms with E-state index in [-0.39, 0.29) is 11.9 Å². The molecule has 1 aliphatic heterocycles. The Morgan fingerprint density at radius 3 is 2.62 bits per heavy atom. The van der Waals surface area contributed by atoms with Crippen molar-refractivity contribution in [3.63, 3.8) is 0 Å². The van der Waals surface area contributed by atoms with Gasteiger partial charge < -0.3 is 14.5 Å². The smallest absolute Gasteiger partial charge is 0.255 e. The zero-order valence-electron chi connectivity index (χ0n) is 18.9. The zero-order valence-corrected chi connectivity index (χ0v) is 18.9. The number of anilines is 1. The Morgan fingerprint density at radius 1 is 1.09 bits per heavy atom. The summed E-state index contributed by atoms with van der Waals surface area (Å²) in [5, 5.41) is 0. The number of likely N-dealkylation sites (tertiary alicyclic amines) is 1. The second-order valence-electron chi connectivity index (χ2n) is 8.15. The van der Waals surface area contributed by atoms with Crippen LogP contribution in [0.1, 0.15) is 46.9 Å². The van der Waals surface area contributed by atoms with E-state index in [1.165, 1.54) is 0 Å². The minimum atomic E-state index is -0.150. The second-order valence-corrected chi connectivity index (χ2v) is 8.15. The minimum absolute atomic E-state index is 0.0488. The summed E-state index contributed by atoms with van der Waals surface area (Å²) in [5.74, 6) is 1.06. The molecular formula is C24H28N6O2. The number of hydrogen-bond acceptors (Lipinski definition) is 7. The van der Waals surface area contributed by atoms with Crippen LogP contribution in [0.2, 0.25) is 0 Å². The van der Waals surface area contributed by atoms with E-state index in [0.717, 1.165) is 41.6 Å². The van der Waals surface area contributed by atoms with Gasteiger partial charge in [0.25, 0.3) is 5.91 Å². The quantitative estimate of drug-likeness (QED) is 0.608. The Kier molecular flexibility index (Phi) is 6.30. The fourth-order valence-corrected chi connectivity index (χ4v) is 4.09. The second kappa shape index (κ2) is 9.30. The largest absolute Gasteiger partial charge is 0.481 e. The number of carbonyl (C=O) groups excluding carboxylic acids is 1. The molecule has 0 unspecified atom stereocenters. The van der Waals surface area contributed by atoms with E-state index < -0.39 is 0 Å². The van der Waals surface area contributed by atoms with E-state index in [0.29, 0.717) is 23.9 Å². The molecule has 0 aromatic carbocycles. The van der Waals surface area contributed by atoms with Crippen LogP contribution >= 0.6 is 0 Å². The third-order valence-corrected chi connectivity index (χ3v) is 5.79. The van der Waals surface area contributed by atoms with Crippen LogP contribution in [-0.4, -0.2) is 58.5 Å². The number of hydrogen-bond donors (Lipinski definition) is 0. The summed E-state index contributed by atoms with van der Waals surface area (Å²) in [6.07, 6.45) is 9.89. The topological polar surface area (TPSA) is 84.3 Å². The number of ether oxygens (including phenoxy) is 1. The van der Waals surface area contributed by atoms with Crippen molar-refractivity contribution in [3.05, 3.63) is 59.8 Å². The molecule has 0 bridgehead atoms. The van der Waals surface area contributed by atoms with Crippen LogP contribution in [0.3, 0.4) is 0 Å². The fraction of sp³-hybridized carbons (Fsp3) is 0.375. The lowest BCUT2D eigenvalue weighted by molar-refractivity contribution is 0.0606. The SMILES string of the molecule is COc1ccc(C(=O)N2CCCC[C@H]2c2nc(N(C)C)ncc2-c2ccncc2C)cn1. The van der Waals surface area contributed by atoms with Gasteiger partial charge in [0.1, 0.15) is 0 Å². The van der Waals surface area contributed by atoms with E-state index in [2.05, 4.69) is 15.0 Å². The number of amides is 1. The van der Waals surface area contributed by atoms with Crippen LogP contribution in [0.15, 0.2) is 43.0 Å². The first-order valence-corrected chi connectivity index (χ1v) is 10.8. The first-order chi connectivity index (χ1) is 15.5. The van der Waals surface area contributed by atoms with Crippen molar-refractivity contribution in [3.8, 4) is 17.0 Å². The molecule has 166 valence electrons. The Morgan fingerprint density at radius 2 is 1.94 bits per heavy atom. The zero-order chi connectivity index (χ0) is 22.7. The summed E-state index contributed by atoms with van der Waals surface area (Å²) in [5.41, 5.74) is 4.43. The maximum Gasteiger partial charge on any atom is 0.255 e. The minimum Gasteiger partial charge on any atom is -0.481 e. The highest BCUT2D eigenvalue weighted by atomic mass is 16.5. The summed E-state index contributed by atoms with van der Waals surface area (Å²) >= 11 is 0. The third-order valence-electron chi connectivity index (χ3n) is 5.79. The molecule has 0 aliphatic carbocycles. The number of nitrogens with zero attached hydrogens (tertiary/aromatic N) is 6. The highest BCUT2D eigenvalue weighted by Gasteiger charge is 2.32.